The fourth-order valence-electron chi connectivity index (χ4n) is 2.75. The number of amides is 1. The Morgan fingerprint density at radius 3 is 2.48 bits per heavy atom. The maximum absolute atomic E-state index is 11.6. The molecule has 6 nitrogen and oxygen atoms in total. The van der Waals surface area contributed by atoms with Gasteiger partial charge < -0.3 is 20.9 Å². The van der Waals surface area contributed by atoms with Gasteiger partial charge in [-0.25, -0.2) is 0 Å². The van der Waals surface area contributed by atoms with Crippen LogP contribution in [0.4, 0.5) is 0 Å². The lowest BCUT2D eigenvalue weighted by Gasteiger charge is -2.32. The van der Waals surface area contributed by atoms with Crippen molar-refractivity contribution in [2.45, 2.75) is 58.9 Å². The molecule has 0 aromatic carbocycles. The van der Waals surface area contributed by atoms with Crippen molar-refractivity contribution < 1.29 is 4.79 Å². The largest absolute Gasteiger partial charge is 0.357 e. The number of carbonyl (C=O) groups is 1. The molecule has 6 heteroatoms. The van der Waals surface area contributed by atoms with Crippen LogP contribution in [-0.2, 0) is 4.79 Å². The number of hydrogen-bond donors (Lipinski definition) is 3. The summed E-state index contributed by atoms with van der Waals surface area (Å²) >= 11 is 0. The molecule has 1 rings (SSSR count). The number of piperidine rings is 1. The van der Waals surface area contributed by atoms with Gasteiger partial charge in [0, 0.05) is 38.6 Å². The number of hydrogen-bond acceptors (Lipinski definition) is 3. The van der Waals surface area contributed by atoms with Gasteiger partial charge in [-0.1, -0.05) is 13.8 Å². The van der Waals surface area contributed by atoms with E-state index in [4.69, 9.17) is 0 Å². The summed E-state index contributed by atoms with van der Waals surface area (Å²) in [5.41, 5.74) is 0. The van der Waals surface area contributed by atoms with Crippen molar-refractivity contribution in [1.29, 1.82) is 0 Å². The van der Waals surface area contributed by atoms with Gasteiger partial charge >= 0.3 is 0 Å². The summed E-state index contributed by atoms with van der Waals surface area (Å²) in [7, 11) is 0. The average molecular weight is 326 g/mol. The van der Waals surface area contributed by atoms with Crippen molar-refractivity contribution in [2.24, 2.45) is 4.99 Å². The molecular formula is C17H35N5O. The molecule has 0 saturated carbocycles. The van der Waals surface area contributed by atoms with Crippen molar-refractivity contribution in [3.8, 4) is 0 Å². The van der Waals surface area contributed by atoms with Crippen LogP contribution in [0.15, 0.2) is 4.99 Å². The number of likely N-dealkylation sites (tertiary alicyclic amines) is 1. The minimum atomic E-state index is 0.0827. The van der Waals surface area contributed by atoms with E-state index in [1.165, 1.54) is 13.0 Å². The summed E-state index contributed by atoms with van der Waals surface area (Å²) < 4.78 is 0. The van der Waals surface area contributed by atoms with Crippen LogP contribution in [0.2, 0.25) is 0 Å². The van der Waals surface area contributed by atoms with Crippen molar-refractivity contribution in [3.05, 3.63) is 0 Å². The first-order chi connectivity index (χ1) is 11.2. The third-order valence-electron chi connectivity index (χ3n) is 3.99. The molecular weight excluding hydrogens is 290 g/mol. The molecule has 0 unspecified atom stereocenters. The van der Waals surface area contributed by atoms with Gasteiger partial charge in [-0.15, -0.1) is 0 Å². The van der Waals surface area contributed by atoms with Gasteiger partial charge in [-0.05, 0) is 39.2 Å². The lowest BCUT2D eigenvalue weighted by Crippen LogP contribution is -2.48. The molecule has 1 aliphatic rings. The Balaban J connectivity index is 2.33. The highest BCUT2D eigenvalue weighted by atomic mass is 16.1. The van der Waals surface area contributed by atoms with Gasteiger partial charge in [0.05, 0.1) is 6.54 Å². The molecule has 1 saturated heterocycles. The molecule has 0 aliphatic carbocycles. The van der Waals surface area contributed by atoms with Crippen molar-refractivity contribution in [2.75, 3.05) is 39.3 Å². The molecule has 1 amide bonds. The first-order valence-corrected chi connectivity index (χ1v) is 9.23. The zero-order valence-corrected chi connectivity index (χ0v) is 15.2. The van der Waals surface area contributed by atoms with Gasteiger partial charge in [-0.3, -0.25) is 9.79 Å². The summed E-state index contributed by atoms with van der Waals surface area (Å²) in [5, 5.41) is 9.68. The zero-order chi connectivity index (χ0) is 16.9. The smallest absolute Gasteiger partial charge is 0.221 e. The number of guanidine groups is 1. The van der Waals surface area contributed by atoms with E-state index in [1.54, 1.807) is 0 Å². The van der Waals surface area contributed by atoms with E-state index < -0.39 is 0 Å². The average Bonchev–Trinajstić information content (AvgIpc) is 2.55. The standard InChI is InChI=1S/C17H35N5O/c1-4-10-19-16(23)7-11-20-17(18-6-3)21-15-8-13-22(12-5-2)14-9-15/h15H,4-14H2,1-3H3,(H,19,23)(H2,18,20,21). The lowest BCUT2D eigenvalue weighted by atomic mass is 10.1. The molecule has 0 spiro atoms. The Morgan fingerprint density at radius 2 is 1.87 bits per heavy atom. The second-order valence-corrected chi connectivity index (χ2v) is 6.12. The number of rotatable bonds is 9. The molecule has 0 aromatic heterocycles. The van der Waals surface area contributed by atoms with Crippen LogP contribution in [0.3, 0.4) is 0 Å². The fraction of sp³-hybridized carbons (Fsp3) is 0.882. The molecule has 0 aromatic rings. The number of nitrogens with one attached hydrogen (secondary N) is 3. The summed E-state index contributed by atoms with van der Waals surface area (Å²) in [6.07, 6.45) is 4.95. The van der Waals surface area contributed by atoms with E-state index in [0.29, 0.717) is 19.0 Å². The summed E-state index contributed by atoms with van der Waals surface area (Å²) in [6.45, 7) is 12.0. The molecule has 0 bridgehead atoms. The summed E-state index contributed by atoms with van der Waals surface area (Å²) in [4.78, 5) is 18.7. The van der Waals surface area contributed by atoms with E-state index in [-0.39, 0.29) is 5.91 Å². The minimum absolute atomic E-state index is 0.0827. The van der Waals surface area contributed by atoms with Gasteiger partial charge in [0.25, 0.3) is 0 Å². The van der Waals surface area contributed by atoms with Crippen LogP contribution >= 0.6 is 0 Å². The first kappa shape index (κ1) is 19.7. The number of aliphatic imine (C=N–C) groups is 1. The zero-order valence-electron chi connectivity index (χ0n) is 15.2. The van der Waals surface area contributed by atoms with E-state index in [2.05, 4.69) is 46.6 Å². The van der Waals surface area contributed by atoms with Gasteiger partial charge in [0.1, 0.15) is 0 Å². The van der Waals surface area contributed by atoms with Gasteiger partial charge in [-0.2, -0.15) is 0 Å². The minimum Gasteiger partial charge on any atom is -0.357 e. The van der Waals surface area contributed by atoms with Crippen LogP contribution in [0.5, 0.6) is 0 Å². The first-order valence-electron chi connectivity index (χ1n) is 9.23. The Morgan fingerprint density at radius 1 is 1.13 bits per heavy atom. The number of carbonyl (C=O) groups excluding carboxylic acids is 1. The highest BCUT2D eigenvalue weighted by Crippen LogP contribution is 2.10. The highest BCUT2D eigenvalue weighted by Gasteiger charge is 2.19. The molecule has 3 N–H and O–H groups in total. The normalized spacial score (nSPS) is 17.1. The van der Waals surface area contributed by atoms with Crippen LogP contribution in [0.25, 0.3) is 0 Å². The molecule has 134 valence electrons. The number of nitrogens with zero attached hydrogens (tertiary/aromatic N) is 2. The Hall–Kier alpha value is -1.30. The molecule has 0 atom stereocenters. The fourth-order valence-corrected chi connectivity index (χ4v) is 2.75. The third kappa shape index (κ3) is 8.79. The predicted molar refractivity (Wildman–Crippen MR) is 96.8 cm³/mol. The van der Waals surface area contributed by atoms with E-state index >= 15 is 0 Å². The topological polar surface area (TPSA) is 68.8 Å². The Bertz CT molecular complexity index is 351. The van der Waals surface area contributed by atoms with E-state index in [1.807, 2.05) is 0 Å². The van der Waals surface area contributed by atoms with Gasteiger partial charge in [0.15, 0.2) is 5.96 Å². The van der Waals surface area contributed by atoms with Crippen molar-refractivity contribution >= 4 is 11.9 Å². The highest BCUT2D eigenvalue weighted by molar-refractivity contribution is 5.81. The Kier molecular flexibility index (Phi) is 10.4. The van der Waals surface area contributed by atoms with Crippen LogP contribution in [0.1, 0.15) is 52.9 Å². The second kappa shape index (κ2) is 12.2. The predicted octanol–water partition coefficient (Wildman–Crippen LogP) is 1.33. The molecule has 23 heavy (non-hydrogen) atoms. The van der Waals surface area contributed by atoms with Crippen LogP contribution in [-0.4, -0.2) is 62.1 Å². The Labute approximate surface area is 141 Å². The van der Waals surface area contributed by atoms with E-state index in [9.17, 15) is 4.79 Å². The van der Waals surface area contributed by atoms with Crippen molar-refractivity contribution in [3.63, 3.8) is 0 Å². The SMILES string of the molecule is CCCNC(=O)CCN=C(NCC)NC1CCN(CCC)CC1. The second-order valence-electron chi connectivity index (χ2n) is 6.12. The third-order valence-corrected chi connectivity index (χ3v) is 3.99. The quantitative estimate of drug-likeness (QED) is 0.442. The van der Waals surface area contributed by atoms with Crippen molar-refractivity contribution in [1.82, 2.24) is 20.9 Å². The van der Waals surface area contributed by atoms with E-state index in [0.717, 1.165) is 51.4 Å². The molecule has 1 aliphatic heterocycles. The monoisotopic (exact) mass is 325 g/mol. The maximum atomic E-state index is 11.6. The maximum Gasteiger partial charge on any atom is 0.221 e. The van der Waals surface area contributed by atoms with Crippen LogP contribution in [0, 0.1) is 0 Å². The molecule has 1 fully saturated rings. The summed E-state index contributed by atoms with van der Waals surface area (Å²) in [6, 6.07) is 0.481. The lowest BCUT2D eigenvalue weighted by molar-refractivity contribution is -0.120. The molecule has 0 radical (unpaired) electrons. The van der Waals surface area contributed by atoms with Crippen LogP contribution < -0.4 is 16.0 Å². The summed E-state index contributed by atoms with van der Waals surface area (Å²) in [5.74, 6) is 0.920. The molecule has 1 heterocycles. The van der Waals surface area contributed by atoms with Gasteiger partial charge in [0.2, 0.25) is 5.91 Å².